The van der Waals surface area contributed by atoms with Crippen LogP contribution in [-0.2, 0) is 7.05 Å². The largest absolute Gasteiger partial charge is 0.493 e. The SMILES string of the molecule is COc1ccc(-c2cc(=O)n(C)nc2C)cc1OC1CCCC1. The molecular formula is C18H22N2O3. The van der Waals surface area contributed by atoms with Gasteiger partial charge >= 0.3 is 0 Å². The third kappa shape index (κ3) is 3.23. The van der Waals surface area contributed by atoms with E-state index in [1.165, 1.54) is 17.5 Å². The van der Waals surface area contributed by atoms with E-state index in [1.54, 1.807) is 20.2 Å². The van der Waals surface area contributed by atoms with Gasteiger partial charge in [-0.1, -0.05) is 6.07 Å². The van der Waals surface area contributed by atoms with Crippen LogP contribution in [0.3, 0.4) is 0 Å². The van der Waals surface area contributed by atoms with E-state index in [9.17, 15) is 4.79 Å². The van der Waals surface area contributed by atoms with Crippen LogP contribution in [-0.4, -0.2) is 23.0 Å². The van der Waals surface area contributed by atoms with Crippen LogP contribution in [0.5, 0.6) is 11.5 Å². The van der Waals surface area contributed by atoms with Crippen molar-refractivity contribution < 1.29 is 9.47 Å². The van der Waals surface area contributed by atoms with E-state index >= 15 is 0 Å². The van der Waals surface area contributed by atoms with Gasteiger partial charge in [-0.25, -0.2) is 4.68 Å². The molecule has 0 radical (unpaired) electrons. The van der Waals surface area contributed by atoms with Crippen LogP contribution < -0.4 is 15.0 Å². The summed E-state index contributed by atoms with van der Waals surface area (Å²) in [6.45, 7) is 1.90. The Kier molecular flexibility index (Phi) is 4.37. The summed E-state index contributed by atoms with van der Waals surface area (Å²) >= 11 is 0. The zero-order chi connectivity index (χ0) is 16.4. The number of rotatable bonds is 4. The molecule has 0 amide bonds. The van der Waals surface area contributed by atoms with Gasteiger partial charge in [0.15, 0.2) is 11.5 Å². The second-order valence-corrected chi connectivity index (χ2v) is 6.00. The number of hydrogen-bond donors (Lipinski definition) is 0. The number of aryl methyl sites for hydroxylation is 2. The topological polar surface area (TPSA) is 53.4 Å². The molecule has 0 aliphatic heterocycles. The number of methoxy groups -OCH3 is 1. The Bertz CT molecular complexity index is 761. The summed E-state index contributed by atoms with van der Waals surface area (Å²) in [4.78, 5) is 11.9. The van der Waals surface area contributed by atoms with E-state index in [0.717, 1.165) is 41.2 Å². The van der Waals surface area contributed by atoms with Gasteiger partial charge in [-0.05, 0) is 50.3 Å². The Morgan fingerprint density at radius 3 is 2.61 bits per heavy atom. The standard InChI is InChI=1S/C18H22N2O3/c1-12-15(11-18(21)20(2)19-12)13-8-9-16(22-3)17(10-13)23-14-6-4-5-7-14/h8-11,14H,4-7H2,1-3H3. The maximum atomic E-state index is 11.9. The molecule has 0 bridgehead atoms. The first-order valence-electron chi connectivity index (χ1n) is 7.98. The lowest BCUT2D eigenvalue weighted by Crippen LogP contribution is -2.19. The molecule has 0 unspecified atom stereocenters. The minimum absolute atomic E-state index is 0.125. The molecule has 122 valence electrons. The van der Waals surface area contributed by atoms with Gasteiger partial charge in [0.1, 0.15) is 0 Å². The number of ether oxygens (including phenoxy) is 2. The average Bonchev–Trinajstić information content (AvgIpc) is 3.04. The summed E-state index contributed by atoms with van der Waals surface area (Å²) in [5, 5.41) is 4.26. The van der Waals surface area contributed by atoms with Crippen molar-refractivity contribution in [3.63, 3.8) is 0 Å². The summed E-state index contributed by atoms with van der Waals surface area (Å²) in [6, 6.07) is 7.38. The molecule has 5 nitrogen and oxygen atoms in total. The molecule has 0 saturated heterocycles. The zero-order valence-electron chi connectivity index (χ0n) is 13.8. The Labute approximate surface area is 135 Å². The molecule has 0 atom stereocenters. The van der Waals surface area contributed by atoms with Crippen LogP contribution in [0.2, 0.25) is 0 Å². The van der Waals surface area contributed by atoms with Crippen LogP contribution in [0.1, 0.15) is 31.4 Å². The normalized spacial score (nSPS) is 14.9. The van der Waals surface area contributed by atoms with Crippen molar-refractivity contribution in [3.05, 3.63) is 40.3 Å². The number of aromatic nitrogens is 2. The minimum Gasteiger partial charge on any atom is -0.493 e. The Morgan fingerprint density at radius 1 is 1.17 bits per heavy atom. The van der Waals surface area contributed by atoms with Gasteiger partial charge < -0.3 is 9.47 Å². The maximum absolute atomic E-state index is 11.9. The second-order valence-electron chi connectivity index (χ2n) is 6.00. The van der Waals surface area contributed by atoms with Crippen molar-refractivity contribution in [2.75, 3.05) is 7.11 Å². The molecule has 1 fully saturated rings. The summed E-state index contributed by atoms with van der Waals surface area (Å²) in [7, 11) is 3.29. The van der Waals surface area contributed by atoms with Crippen LogP contribution in [0.25, 0.3) is 11.1 Å². The van der Waals surface area contributed by atoms with Crippen molar-refractivity contribution in [3.8, 4) is 22.6 Å². The van der Waals surface area contributed by atoms with E-state index in [4.69, 9.17) is 9.47 Å². The molecule has 2 aromatic rings. The zero-order valence-corrected chi connectivity index (χ0v) is 13.8. The first-order valence-corrected chi connectivity index (χ1v) is 7.98. The van der Waals surface area contributed by atoms with Gasteiger partial charge in [-0.2, -0.15) is 5.10 Å². The van der Waals surface area contributed by atoms with E-state index in [2.05, 4.69) is 5.10 Å². The predicted molar refractivity (Wildman–Crippen MR) is 89.1 cm³/mol. The Hall–Kier alpha value is -2.30. The second kappa shape index (κ2) is 6.44. The van der Waals surface area contributed by atoms with Gasteiger partial charge in [-0.3, -0.25) is 4.79 Å². The van der Waals surface area contributed by atoms with Gasteiger partial charge in [0, 0.05) is 18.7 Å². The highest BCUT2D eigenvalue weighted by atomic mass is 16.5. The fourth-order valence-electron chi connectivity index (χ4n) is 3.06. The molecule has 1 aromatic heterocycles. The molecule has 23 heavy (non-hydrogen) atoms. The smallest absolute Gasteiger partial charge is 0.267 e. The van der Waals surface area contributed by atoms with E-state index in [0.29, 0.717) is 0 Å². The molecule has 1 aliphatic rings. The molecule has 3 rings (SSSR count). The lowest BCUT2D eigenvalue weighted by molar-refractivity contribution is 0.201. The summed E-state index contributed by atoms with van der Waals surface area (Å²) in [6.07, 6.45) is 4.84. The van der Waals surface area contributed by atoms with Crippen LogP contribution >= 0.6 is 0 Å². The predicted octanol–water partition coefficient (Wildman–Crippen LogP) is 3.09. The first kappa shape index (κ1) is 15.6. The van der Waals surface area contributed by atoms with E-state index in [-0.39, 0.29) is 11.7 Å². The van der Waals surface area contributed by atoms with E-state index < -0.39 is 0 Å². The monoisotopic (exact) mass is 314 g/mol. The van der Waals surface area contributed by atoms with Crippen molar-refractivity contribution in [1.29, 1.82) is 0 Å². The van der Waals surface area contributed by atoms with Crippen LogP contribution in [0.4, 0.5) is 0 Å². The first-order chi connectivity index (χ1) is 11.1. The third-order valence-electron chi connectivity index (χ3n) is 4.35. The summed E-state index contributed by atoms with van der Waals surface area (Å²) in [5.41, 5.74) is 2.43. The average molecular weight is 314 g/mol. The molecular weight excluding hydrogens is 292 g/mol. The lowest BCUT2D eigenvalue weighted by atomic mass is 10.0. The van der Waals surface area contributed by atoms with Crippen molar-refractivity contribution in [2.24, 2.45) is 7.05 Å². The highest BCUT2D eigenvalue weighted by Gasteiger charge is 2.19. The fourth-order valence-corrected chi connectivity index (χ4v) is 3.06. The Morgan fingerprint density at radius 2 is 1.91 bits per heavy atom. The summed E-state index contributed by atoms with van der Waals surface area (Å²) < 4.78 is 12.9. The molecule has 0 N–H and O–H groups in total. The van der Waals surface area contributed by atoms with E-state index in [1.807, 2.05) is 25.1 Å². The highest BCUT2D eigenvalue weighted by Crippen LogP contribution is 2.35. The van der Waals surface area contributed by atoms with Gasteiger partial charge in [-0.15, -0.1) is 0 Å². The van der Waals surface area contributed by atoms with Crippen molar-refractivity contribution in [1.82, 2.24) is 9.78 Å². The van der Waals surface area contributed by atoms with Crippen LogP contribution in [0.15, 0.2) is 29.1 Å². The van der Waals surface area contributed by atoms with Gasteiger partial charge in [0.2, 0.25) is 0 Å². The van der Waals surface area contributed by atoms with Crippen molar-refractivity contribution in [2.45, 2.75) is 38.7 Å². The molecule has 5 heteroatoms. The lowest BCUT2D eigenvalue weighted by Gasteiger charge is -2.17. The molecule has 1 aliphatic carbocycles. The highest BCUT2D eigenvalue weighted by molar-refractivity contribution is 5.68. The fraction of sp³-hybridized carbons (Fsp3) is 0.444. The molecule has 1 heterocycles. The summed E-state index contributed by atoms with van der Waals surface area (Å²) in [5.74, 6) is 1.45. The third-order valence-corrected chi connectivity index (χ3v) is 4.35. The van der Waals surface area contributed by atoms with Crippen molar-refractivity contribution >= 4 is 0 Å². The van der Waals surface area contributed by atoms with Gasteiger partial charge in [0.05, 0.1) is 18.9 Å². The number of hydrogen-bond acceptors (Lipinski definition) is 4. The minimum atomic E-state index is -0.125. The van der Waals surface area contributed by atoms with Crippen LogP contribution in [0, 0.1) is 6.92 Å². The van der Waals surface area contributed by atoms with Gasteiger partial charge in [0.25, 0.3) is 5.56 Å². The Balaban J connectivity index is 2.00. The molecule has 0 spiro atoms. The molecule has 1 aromatic carbocycles. The number of nitrogens with zero attached hydrogens (tertiary/aromatic N) is 2. The number of benzene rings is 1. The molecule has 1 saturated carbocycles. The maximum Gasteiger partial charge on any atom is 0.267 e. The quantitative estimate of drug-likeness (QED) is 0.870.